The number of esters is 1. The van der Waals surface area contributed by atoms with Gasteiger partial charge in [-0.05, 0) is 60.3 Å². The van der Waals surface area contributed by atoms with Crippen LogP contribution in [0.1, 0.15) is 49.1 Å². The smallest absolute Gasteiger partial charge is 0.333 e. The van der Waals surface area contributed by atoms with Crippen molar-refractivity contribution in [3.63, 3.8) is 0 Å². The van der Waals surface area contributed by atoms with Crippen LogP contribution in [0.2, 0.25) is 0 Å². The second-order valence-corrected chi connectivity index (χ2v) is 11.7. The summed E-state index contributed by atoms with van der Waals surface area (Å²) in [6.45, 7) is 6.74. The Morgan fingerprint density at radius 2 is 1.57 bits per heavy atom. The number of nitrogens with zero attached hydrogens (tertiary/aromatic N) is 2. The molecule has 4 rings (SSSR count). The van der Waals surface area contributed by atoms with Crippen LogP contribution in [0.4, 0.5) is 9.80 Å². The van der Waals surface area contributed by atoms with Gasteiger partial charge in [-0.1, -0.05) is 60.7 Å². The highest BCUT2D eigenvalue weighted by Crippen LogP contribution is 2.46. The number of anilines is 1. The molecule has 0 unspecified atom stereocenters. The molecule has 6 nitrogen and oxygen atoms in total. The molecule has 0 aliphatic carbocycles. The fourth-order valence-corrected chi connectivity index (χ4v) is 5.90. The number of hydrogen-bond donors (Lipinski definition) is 0. The number of ether oxygens (including phenoxy) is 1. The molecule has 0 saturated carbocycles. The molecular formula is C27H27BrN2O4S. The zero-order valence-corrected chi connectivity index (χ0v) is 22.5. The first kappa shape index (κ1) is 25.1. The van der Waals surface area contributed by atoms with Gasteiger partial charge in [-0.15, -0.1) is 11.3 Å². The lowest BCUT2D eigenvalue weighted by Crippen LogP contribution is -2.49. The van der Waals surface area contributed by atoms with Crippen molar-refractivity contribution in [2.75, 3.05) is 11.4 Å². The maximum atomic E-state index is 14.1. The predicted octanol–water partition coefficient (Wildman–Crippen LogP) is 6.26. The zero-order valence-electron chi connectivity index (χ0n) is 20.1. The number of benzene rings is 2. The van der Waals surface area contributed by atoms with E-state index >= 15 is 0 Å². The van der Waals surface area contributed by atoms with Crippen LogP contribution in [0.5, 0.6) is 0 Å². The Balaban J connectivity index is 1.87. The third-order valence-electron chi connectivity index (χ3n) is 5.67. The molecule has 1 aromatic heterocycles. The molecule has 1 aliphatic heterocycles. The topological polar surface area (TPSA) is 66.9 Å². The number of carbonyl (C=O) groups excluding carboxylic acids is 3. The van der Waals surface area contributed by atoms with Gasteiger partial charge in [0.05, 0.1) is 16.2 Å². The molecule has 35 heavy (non-hydrogen) atoms. The van der Waals surface area contributed by atoms with Gasteiger partial charge in [0.2, 0.25) is 5.91 Å². The number of fused-ring (bicyclic) bond motifs is 1. The maximum absolute atomic E-state index is 14.1. The van der Waals surface area contributed by atoms with Crippen LogP contribution >= 0.6 is 27.3 Å². The van der Waals surface area contributed by atoms with Crippen LogP contribution in [-0.4, -0.2) is 35.0 Å². The van der Waals surface area contributed by atoms with Gasteiger partial charge in [0.25, 0.3) is 0 Å². The Kier molecular flexibility index (Phi) is 7.15. The van der Waals surface area contributed by atoms with E-state index in [1.165, 1.54) is 11.3 Å². The molecule has 0 N–H and O–H groups in total. The Bertz CT molecular complexity index is 1210. The molecule has 0 atom stereocenters. The molecule has 0 radical (unpaired) electrons. The summed E-state index contributed by atoms with van der Waals surface area (Å²) in [4.78, 5) is 42.9. The van der Waals surface area contributed by atoms with Crippen LogP contribution in [-0.2, 0) is 20.7 Å². The van der Waals surface area contributed by atoms with Gasteiger partial charge in [-0.25, -0.2) is 4.79 Å². The largest absolute Gasteiger partial charge is 0.459 e. The number of hydrogen-bond acceptors (Lipinski definition) is 5. The summed E-state index contributed by atoms with van der Waals surface area (Å²) >= 11 is 5.02. The summed E-state index contributed by atoms with van der Waals surface area (Å²) in [6, 6.07) is 18.3. The average Bonchev–Trinajstić information content (AvgIpc) is 3.03. The minimum Gasteiger partial charge on any atom is -0.459 e. The van der Waals surface area contributed by atoms with Crippen molar-refractivity contribution in [1.29, 1.82) is 0 Å². The number of imide groups is 1. The Labute approximate surface area is 217 Å². The van der Waals surface area contributed by atoms with Gasteiger partial charge in [0.15, 0.2) is 0 Å². The van der Waals surface area contributed by atoms with E-state index in [-0.39, 0.29) is 6.42 Å². The highest BCUT2D eigenvalue weighted by atomic mass is 79.9. The lowest BCUT2D eigenvalue weighted by atomic mass is 9.97. The normalized spacial score (nSPS) is 14.2. The zero-order chi connectivity index (χ0) is 25.3. The fourth-order valence-electron chi connectivity index (χ4n) is 4.12. The summed E-state index contributed by atoms with van der Waals surface area (Å²) < 4.78 is 6.30. The van der Waals surface area contributed by atoms with Gasteiger partial charge >= 0.3 is 12.0 Å². The van der Waals surface area contributed by atoms with Crippen LogP contribution in [0.25, 0.3) is 0 Å². The third kappa shape index (κ3) is 5.33. The summed E-state index contributed by atoms with van der Waals surface area (Å²) in [5.41, 5.74) is 2.75. The summed E-state index contributed by atoms with van der Waals surface area (Å²) in [7, 11) is 0. The standard InChI is InChI=1S/C27H27BrN2O4S/c1-17-20-15-21(31)29(16-22(32)34-27(2,3)4)26(33)30(25(20)35-24(17)28)23(18-11-7-5-8-12-18)19-13-9-6-10-14-19/h5-14,23H,15-16H2,1-4H3. The van der Waals surface area contributed by atoms with E-state index < -0.39 is 36.1 Å². The van der Waals surface area contributed by atoms with Crippen LogP contribution in [0.15, 0.2) is 64.5 Å². The van der Waals surface area contributed by atoms with Gasteiger partial charge in [0, 0.05) is 5.56 Å². The van der Waals surface area contributed by atoms with Crippen molar-refractivity contribution in [3.8, 4) is 0 Å². The molecule has 182 valence electrons. The molecule has 3 aromatic rings. The molecule has 1 aliphatic rings. The molecule has 2 aromatic carbocycles. The third-order valence-corrected chi connectivity index (χ3v) is 7.88. The lowest BCUT2D eigenvalue weighted by Gasteiger charge is -2.34. The first-order chi connectivity index (χ1) is 16.6. The molecule has 2 heterocycles. The monoisotopic (exact) mass is 554 g/mol. The van der Waals surface area contributed by atoms with Gasteiger partial charge in [-0.3, -0.25) is 19.4 Å². The first-order valence-corrected chi connectivity index (χ1v) is 12.9. The van der Waals surface area contributed by atoms with E-state index in [0.717, 1.165) is 30.9 Å². The molecule has 0 saturated heterocycles. The molecule has 0 fully saturated rings. The molecule has 0 bridgehead atoms. The summed E-state index contributed by atoms with van der Waals surface area (Å²) in [5, 5.41) is 0.692. The van der Waals surface area contributed by atoms with Gasteiger partial charge in [0.1, 0.15) is 17.1 Å². The molecule has 3 amide bonds. The van der Waals surface area contributed by atoms with Crippen molar-refractivity contribution >= 4 is 50.2 Å². The van der Waals surface area contributed by atoms with Crippen LogP contribution in [0, 0.1) is 6.92 Å². The second-order valence-electron chi connectivity index (χ2n) is 9.40. The SMILES string of the molecule is Cc1c(Br)sc2c1CC(=O)N(CC(=O)OC(C)(C)C)C(=O)N2C(c1ccccc1)c1ccccc1. The number of halogens is 1. The minimum atomic E-state index is -0.731. The summed E-state index contributed by atoms with van der Waals surface area (Å²) in [6.07, 6.45) is 0.0185. The van der Waals surface area contributed by atoms with E-state index in [0.29, 0.717) is 5.00 Å². The minimum absolute atomic E-state index is 0.0185. The number of amides is 3. The summed E-state index contributed by atoms with van der Waals surface area (Å²) in [5.74, 6) is -1.06. The van der Waals surface area contributed by atoms with Crippen molar-refractivity contribution in [2.45, 2.75) is 45.8 Å². The van der Waals surface area contributed by atoms with E-state index in [4.69, 9.17) is 4.74 Å². The Morgan fingerprint density at radius 3 is 2.09 bits per heavy atom. The Morgan fingerprint density at radius 1 is 1.03 bits per heavy atom. The molecule has 0 spiro atoms. The number of carbonyl (C=O) groups is 3. The highest BCUT2D eigenvalue weighted by Gasteiger charge is 2.41. The van der Waals surface area contributed by atoms with E-state index in [1.807, 2.05) is 67.6 Å². The fraction of sp³-hybridized carbons (Fsp3) is 0.296. The van der Waals surface area contributed by atoms with E-state index in [2.05, 4.69) is 15.9 Å². The van der Waals surface area contributed by atoms with Gasteiger partial charge < -0.3 is 4.74 Å². The highest BCUT2D eigenvalue weighted by molar-refractivity contribution is 9.11. The maximum Gasteiger partial charge on any atom is 0.333 e. The molecular weight excluding hydrogens is 528 g/mol. The lowest BCUT2D eigenvalue weighted by molar-refractivity contribution is -0.157. The number of rotatable bonds is 5. The quantitative estimate of drug-likeness (QED) is 0.349. The van der Waals surface area contributed by atoms with Crippen molar-refractivity contribution in [1.82, 2.24) is 4.90 Å². The number of thiophene rings is 1. The first-order valence-electron chi connectivity index (χ1n) is 11.3. The number of urea groups is 1. The van der Waals surface area contributed by atoms with E-state index in [1.54, 1.807) is 25.7 Å². The van der Waals surface area contributed by atoms with Crippen molar-refractivity contribution in [3.05, 3.63) is 86.7 Å². The van der Waals surface area contributed by atoms with E-state index in [9.17, 15) is 14.4 Å². The van der Waals surface area contributed by atoms with Crippen LogP contribution in [0.3, 0.4) is 0 Å². The average molecular weight is 555 g/mol. The van der Waals surface area contributed by atoms with Crippen molar-refractivity contribution in [2.24, 2.45) is 0 Å². The molecule has 8 heteroatoms. The van der Waals surface area contributed by atoms with Crippen molar-refractivity contribution < 1.29 is 19.1 Å². The predicted molar refractivity (Wildman–Crippen MR) is 141 cm³/mol. The Hall–Kier alpha value is -2.97. The van der Waals surface area contributed by atoms with Crippen LogP contribution < -0.4 is 4.90 Å². The van der Waals surface area contributed by atoms with Gasteiger partial charge in [-0.2, -0.15) is 0 Å². The second kappa shape index (κ2) is 9.95.